The standard InChI is InChI=1S/C14H15NO/c15-10-14(5-1-6-14)9-11-2-3-13-12(8-11)4-7-16-13/h2-3,8H,1,4-7,9H2. The summed E-state index contributed by atoms with van der Waals surface area (Å²) in [5, 5.41) is 9.22. The van der Waals surface area contributed by atoms with Crippen LogP contribution in [0.5, 0.6) is 5.75 Å². The topological polar surface area (TPSA) is 33.0 Å². The third kappa shape index (κ3) is 1.48. The summed E-state index contributed by atoms with van der Waals surface area (Å²) < 4.78 is 5.49. The predicted octanol–water partition coefficient (Wildman–Crippen LogP) is 2.86. The molecule has 0 radical (unpaired) electrons. The Morgan fingerprint density at radius 3 is 2.94 bits per heavy atom. The molecule has 1 fully saturated rings. The second-order valence-corrected chi connectivity index (χ2v) is 4.96. The average Bonchev–Trinajstić information content (AvgIpc) is 2.70. The highest BCUT2D eigenvalue weighted by atomic mass is 16.5. The molecule has 0 bridgehead atoms. The second kappa shape index (κ2) is 3.52. The van der Waals surface area contributed by atoms with Crippen molar-refractivity contribution in [1.29, 1.82) is 5.26 Å². The number of benzene rings is 1. The van der Waals surface area contributed by atoms with Gasteiger partial charge in [0, 0.05) is 6.42 Å². The molecule has 1 aliphatic heterocycles. The highest BCUT2D eigenvalue weighted by Crippen LogP contribution is 2.43. The SMILES string of the molecule is N#CC1(Cc2ccc3c(c2)CCO3)CCC1. The predicted molar refractivity (Wildman–Crippen MR) is 61.2 cm³/mol. The van der Waals surface area contributed by atoms with Gasteiger partial charge in [-0.15, -0.1) is 0 Å². The van der Waals surface area contributed by atoms with Crippen LogP contribution in [0.15, 0.2) is 18.2 Å². The molecular weight excluding hydrogens is 198 g/mol. The molecule has 16 heavy (non-hydrogen) atoms. The molecule has 0 N–H and O–H groups in total. The van der Waals surface area contributed by atoms with Crippen molar-refractivity contribution in [2.24, 2.45) is 5.41 Å². The Morgan fingerprint density at radius 2 is 2.25 bits per heavy atom. The van der Waals surface area contributed by atoms with Gasteiger partial charge in [0.15, 0.2) is 0 Å². The van der Waals surface area contributed by atoms with E-state index in [0.717, 1.165) is 38.0 Å². The van der Waals surface area contributed by atoms with Gasteiger partial charge >= 0.3 is 0 Å². The van der Waals surface area contributed by atoms with Crippen LogP contribution in [0.4, 0.5) is 0 Å². The Bertz CT molecular complexity index is 454. The van der Waals surface area contributed by atoms with Gasteiger partial charge < -0.3 is 4.74 Å². The molecule has 0 saturated heterocycles. The number of nitriles is 1. The van der Waals surface area contributed by atoms with Gasteiger partial charge in [0.25, 0.3) is 0 Å². The fourth-order valence-corrected chi connectivity index (χ4v) is 2.67. The molecular formula is C14H15NO. The monoisotopic (exact) mass is 213 g/mol. The average molecular weight is 213 g/mol. The molecule has 1 aliphatic carbocycles. The summed E-state index contributed by atoms with van der Waals surface area (Å²) in [6, 6.07) is 8.89. The van der Waals surface area contributed by atoms with Crippen LogP contribution in [0.25, 0.3) is 0 Å². The molecule has 0 amide bonds. The molecule has 1 aromatic rings. The number of nitrogens with zero attached hydrogens (tertiary/aromatic N) is 1. The van der Waals surface area contributed by atoms with E-state index in [-0.39, 0.29) is 5.41 Å². The van der Waals surface area contributed by atoms with Crippen molar-refractivity contribution in [1.82, 2.24) is 0 Å². The Hall–Kier alpha value is -1.49. The molecule has 2 aliphatic rings. The van der Waals surface area contributed by atoms with Gasteiger partial charge in [0.1, 0.15) is 5.75 Å². The highest BCUT2D eigenvalue weighted by Gasteiger charge is 2.37. The number of hydrogen-bond acceptors (Lipinski definition) is 2. The lowest BCUT2D eigenvalue weighted by Gasteiger charge is -2.35. The van der Waals surface area contributed by atoms with Gasteiger partial charge in [0.2, 0.25) is 0 Å². The van der Waals surface area contributed by atoms with E-state index in [1.165, 1.54) is 17.5 Å². The molecule has 0 atom stereocenters. The normalized spacial score (nSPS) is 20.4. The summed E-state index contributed by atoms with van der Waals surface area (Å²) in [7, 11) is 0. The number of rotatable bonds is 2. The van der Waals surface area contributed by atoms with Crippen LogP contribution < -0.4 is 4.74 Å². The van der Waals surface area contributed by atoms with E-state index < -0.39 is 0 Å². The molecule has 1 heterocycles. The van der Waals surface area contributed by atoms with Crippen molar-refractivity contribution in [3.8, 4) is 11.8 Å². The third-order valence-corrected chi connectivity index (χ3v) is 3.84. The first-order valence-electron chi connectivity index (χ1n) is 5.97. The van der Waals surface area contributed by atoms with Crippen LogP contribution in [0.1, 0.15) is 30.4 Å². The Labute approximate surface area is 95.8 Å². The summed E-state index contributed by atoms with van der Waals surface area (Å²) in [6.07, 6.45) is 5.27. The van der Waals surface area contributed by atoms with Crippen LogP contribution in [0.3, 0.4) is 0 Å². The molecule has 2 heteroatoms. The van der Waals surface area contributed by atoms with Gasteiger partial charge in [0.05, 0.1) is 18.1 Å². The van der Waals surface area contributed by atoms with Crippen LogP contribution in [-0.4, -0.2) is 6.61 Å². The minimum absolute atomic E-state index is 0.0618. The smallest absolute Gasteiger partial charge is 0.122 e. The van der Waals surface area contributed by atoms with E-state index >= 15 is 0 Å². The fourth-order valence-electron chi connectivity index (χ4n) is 2.67. The zero-order chi connectivity index (χ0) is 11.0. The Balaban J connectivity index is 1.83. The van der Waals surface area contributed by atoms with Gasteiger partial charge in [-0.1, -0.05) is 18.6 Å². The third-order valence-electron chi connectivity index (χ3n) is 3.84. The number of ether oxygens (including phenoxy) is 1. The minimum Gasteiger partial charge on any atom is -0.493 e. The maximum absolute atomic E-state index is 9.22. The van der Waals surface area contributed by atoms with Crippen molar-refractivity contribution in [3.63, 3.8) is 0 Å². The van der Waals surface area contributed by atoms with Crippen LogP contribution in [-0.2, 0) is 12.8 Å². The van der Waals surface area contributed by atoms with E-state index in [1.54, 1.807) is 0 Å². The Morgan fingerprint density at radius 1 is 1.38 bits per heavy atom. The van der Waals surface area contributed by atoms with Gasteiger partial charge in [-0.05, 0) is 36.5 Å². The van der Waals surface area contributed by atoms with Gasteiger partial charge in [-0.25, -0.2) is 0 Å². The molecule has 82 valence electrons. The first kappa shape index (κ1) is 9.72. The van der Waals surface area contributed by atoms with Crippen LogP contribution in [0, 0.1) is 16.7 Å². The second-order valence-electron chi connectivity index (χ2n) is 4.96. The van der Waals surface area contributed by atoms with E-state index in [1.807, 2.05) is 0 Å². The zero-order valence-electron chi connectivity index (χ0n) is 9.33. The lowest BCUT2D eigenvalue weighted by molar-refractivity contribution is 0.214. The lowest BCUT2D eigenvalue weighted by atomic mass is 9.66. The summed E-state index contributed by atoms with van der Waals surface area (Å²) in [6.45, 7) is 0.808. The number of hydrogen-bond donors (Lipinski definition) is 0. The molecule has 1 aromatic carbocycles. The zero-order valence-corrected chi connectivity index (χ0v) is 9.33. The summed E-state index contributed by atoms with van der Waals surface area (Å²) in [5.41, 5.74) is 2.55. The van der Waals surface area contributed by atoms with Crippen molar-refractivity contribution in [2.75, 3.05) is 6.61 Å². The maximum atomic E-state index is 9.22. The van der Waals surface area contributed by atoms with E-state index in [0.29, 0.717) is 0 Å². The maximum Gasteiger partial charge on any atom is 0.122 e. The molecule has 3 rings (SSSR count). The van der Waals surface area contributed by atoms with Crippen molar-refractivity contribution in [3.05, 3.63) is 29.3 Å². The fraction of sp³-hybridized carbons (Fsp3) is 0.500. The van der Waals surface area contributed by atoms with Gasteiger partial charge in [-0.2, -0.15) is 5.26 Å². The Kier molecular flexibility index (Phi) is 2.14. The lowest BCUT2D eigenvalue weighted by Crippen LogP contribution is -2.29. The van der Waals surface area contributed by atoms with Crippen LogP contribution in [0.2, 0.25) is 0 Å². The highest BCUT2D eigenvalue weighted by molar-refractivity contribution is 5.40. The molecule has 0 spiro atoms. The molecule has 0 unspecified atom stereocenters. The van der Waals surface area contributed by atoms with E-state index in [2.05, 4.69) is 24.3 Å². The van der Waals surface area contributed by atoms with Crippen molar-refractivity contribution in [2.45, 2.75) is 32.1 Å². The quantitative estimate of drug-likeness (QED) is 0.756. The van der Waals surface area contributed by atoms with Gasteiger partial charge in [-0.3, -0.25) is 0 Å². The van der Waals surface area contributed by atoms with Crippen molar-refractivity contribution >= 4 is 0 Å². The summed E-state index contributed by atoms with van der Waals surface area (Å²) in [5.74, 6) is 1.03. The molecule has 1 saturated carbocycles. The molecule has 2 nitrogen and oxygen atoms in total. The van der Waals surface area contributed by atoms with Crippen molar-refractivity contribution < 1.29 is 4.74 Å². The molecule has 0 aromatic heterocycles. The van der Waals surface area contributed by atoms with E-state index in [4.69, 9.17) is 4.74 Å². The first-order valence-corrected chi connectivity index (χ1v) is 5.97. The van der Waals surface area contributed by atoms with Crippen LogP contribution >= 0.6 is 0 Å². The largest absolute Gasteiger partial charge is 0.493 e. The summed E-state index contributed by atoms with van der Waals surface area (Å²) in [4.78, 5) is 0. The number of fused-ring (bicyclic) bond motifs is 1. The summed E-state index contributed by atoms with van der Waals surface area (Å²) >= 11 is 0. The van der Waals surface area contributed by atoms with E-state index in [9.17, 15) is 5.26 Å². The minimum atomic E-state index is -0.0618. The first-order chi connectivity index (χ1) is 7.81.